The number of hydrogen-bond acceptors (Lipinski definition) is 10. The topological polar surface area (TPSA) is 189 Å². The fraction of sp³-hybridized carbons (Fsp3) is 0.556. The number of methoxy groups -OCH3 is 1. The lowest BCUT2D eigenvalue weighted by atomic mass is 10.0. The molecule has 2 N–H and O–H groups in total. The van der Waals surface area contributed by atoms with Crippen molar-refractivity contribution in [1.29, 1.82) is 0 Å². The summed E-state index contributed by atoms with van der Waals surface area (Å²) in [6.45, 7) is 0.142. The molecule has 4 rings (SSSR count). The van der Waals surface area contributed by atoms with Crippen LogP contribution < -0.4 is 11.1 Å². The van der Waals surface area contributed by atoms with Crippen molar-refractivity contribution in [2.24, 2.45) is 7.05 Å². The fourth-order valence-electron chi connectivity index (χ4n) is 4.32. The number of nitrogens with one attached hydrogen (secondary N) is 1. The number of amides is 2. The molecule has 0 aromatic carbocycles. The monoisotopic (exact) mass is 515 g/mol. The highest BCUT2D eigenvalue weighted by Gasteiger charge is 2.61. The Morgan fingerprint density at radius 1 is 1.29 bits per heavy atom. The number of rotatable bonds is 6. The Kier molecular flexibility index (Phi) is 6.15. The number of aromatic amines is 1. The van der Waals surface area contributed by atoms with Gasteiger partial charge in [-0.25, -0.2) is 13.2 Å². The number of fused-ring (bicyclic) bond motifs is 1. The molecule has 16 heteroatoms. The summed E-state index contributed by atoms with van der Waals surface area (Å²) in [6, 6.07) is -1.10. The van der Waals surface area contributed by atoms with Crippen molar-refractivity contribution in [2.45, 2.75) is 35.5 Å². The average Bonchev–Trinajstić information content (AvgIpc) is 3.25. The van der Waals surface area contributed by atoms with Crippen LogP contribution in [0.4, 0.5) is 0 Å². The van der Waals surface area contributed by atoms with Gasteiger partial charge in [0, 0.05) is 26.5 Å². The first-order valence-electron chi connectivity index (χ1n) is 10.1. The number of ether oxygens (including phenoxy) is 1. The number of likely N-dealkylation sites (tertiary alicyclic amines) is 1. The van der Waals surface area contributed by atoms with Crippen LogP contribution in [0.2, 0.25) is 0 Å². The van der Waals surface area contributed by atoms with Crippen molar-refractivity contribution in [3.8, 4) is 0 Å². The molecule has 0 radical (unpaired) electrons. The zero-order valence-electron chi connectivity index (χ0n) is 18.1. The van der Waals surface area contributed by atoms with E-state index in [0.29, 0.717) is 6.42 Å². The minimum absolute atomic E-state index is 0.0534. The molecular formula is C18H21N5O9S2. The van der Waals surface area contributed by atoms with Gasteiger partial charge in [-0.3, -0.25) is 33.9 Å². The molecule has 34 heavy (non-hydrogen) atoms. The van der Waals surface area contributed by atoms with E-state index >= 15 is 0 Å². The predicted molar refractivity (Wildman–Crippen MR) is 115 cm³/mol. The quantitative estimate of drug-likeness (QED) is 0.231. The molecule has 184 valence electrons. The number of aryl methyl sites for hydroxylation is 1. The summed E-state index contributed by atoms with van der Waals surface area (Å²) in [6.07, 6.45) is -0.588. The number of sulfone groups is 1. The van der Waals surface area contributed by atoms with Gasteiger partial charge in [0.25, 0.3) is 11.8 Å². The Bertz CT molecular complexity index is 1330. The Hall–Kier alpha value is -2.98. The maximum absolute atomic E-state index is 13.5. The Balaban J connectivity index is 1.77. The van der Waals surface area contributed by atoms with Gasteiger partial charge in [0.1, 0.15) is 11.7 Å². The number of carbonyl (C=O) groups is 3. The van der Waals surface area contributed by atoms with Gasteiger partial charge < -0.3 is 14.7 Å². The number of nitrogens with zero attached hydrogens (tertiary/aromatic N) is 4. The molecule has 0 saturated carbocycles. The minimum atomic E-state index is -3.94. The van der Waals surface area contributed by atoms with Gasteiger partial charge in [-0.1, -0.05) is 11.8 Å². The second kappa shape index (κ2) is 8.66. The zero-order valence-corrected chi connectivity index (χ0v) is 19.7. The lowest BCUT2D eigenvalue weighted by molar-refractivity contribution is -0.162. The molecule has 0 unspecified atom stereocenters. The standard InChI is InChI=1S/C18H21N5O9S2/c1-21-18(19-12(24)13(25)20-21)33-6-8-7-34(30,31)16-11(32-2)15(27)23(16)10(8)14(26)22-5-3-4-9(22)17(28)29/h9,11,16H,3-7H2,1-2H3,(H,20,25)(H,28,29)/t9-,11-,16+/m0/s1. The third-order valence-corrected chi connectivity index (χ3v) is 8.95. The van der Waals surface area contributed by atoms with Gasteiger partial charge in [0.2, 0.25) is 0 Å². The van der Waals surface area contributed by atoms with Crippen molar-refractivity contribution in [1.82, 2.24) is 24.6 Å². The third-order valence-electron chi connectivity index (χ3n) is 5.89. The molecule has 0 aliphatic carbocycles. The van der Waals surface area contributed by atoms with Crippen LogP contribution in [-0.2, 0) is 36.0 Å². The largest absolute Gasteiger partial charge is 0.480 e. The van der Waals surface area contributed by atoms with E-state index in [4.69, 9.17) is 4.74 Å². The molecule has 1 aromatic rings. The normalized spacial score (nSPS) is 25.8. The SMILES string of the molecule is CO[C@H]1C(=O)N2C(C(=O)N3CCC[C@H]3C(=O)O)=C(CSc3nc(=O)c(=O)[nH]n3C)CS(=O)(=O)[C@H]12. The molecule has 3 aliphatic rings. The van der Waals surface area contributed by atoms with Gasteiger partial charge in [-0.05, 0) is 18.4 Å². The van der Waals surface area contributed by atoms with Crippen molar-refractivity contribution >= 4 is 39.4 Å². The molecule has 4 heterocycles. The summed E-state index contributed by atoms with van der Waals surface area (Å²) in [5, 5.41) is 10.4. The van der Waals surface area contributed by atoms with E-state index in [-0.39, 0.29) is 35.1 Å². The third kappa shape index (κ3) is 3.84. The molecule has 2 saturated heterocycles. The van der Waals surface area contributed by atoms with Crippen molar-refractivity contribution < 1.29 is 32.6 Å². The predicted octanol–water partition coefficient (Wildman–Crippen LogP) is -2.50. The Morgan fingerprint density at radius 2 is 2.00 bits per heavy atom. The number of carboxylic acids is 1. The highest BCUT2D eigenvalue weighted by atomic mass is 32.2. The number of carbonyl (C=O) groups excluding carboxylic acids is 2. The highest BCUT2D eigenvalue weighted by Crippen LogP contribution is 2.40. The molecule has 3 atom stereocenters. The van der Waals surface area contributed by atoms with Crippen molar-refractivity contribution in [3.63, 3.8) is 0 Å². The van der Waals surface area contributed by atoms with E-state index in [1.165, 1.54) is 18.8 Å². The molecular weight excluding hydrogens is 494 g/mol. The van der Waals surface area contributed by atoms with Crippen molar-refractivity contribution in [3.05, 3.63) is 32.0 Å². The van der Waals surface area contributed by atoms with Crippen molar-refractivity contribution in [2.75, 3.05) is 25.2 Å². The van der Waals surface area contributed by atoms with Crippen LogP contribution in [0.15, 0.2) is 26.0 Å². The van der Waals surface area contributed by atoms with E-state index in [0.717, 1.165) is 21.6 Å². The smallest absolute Gasteiger partial charge is 0.339 e. The first-order chi connectivity index (χ1) is 16.0. The number of H-pyrrole nitrogens is 1. The van der Waals surface area contributed by atoms with E-state index in [9.17, 15) is 37.5 Å². The molecule has 3 aliphatic heterocycles. The lowest BCUT2D eigenvalue weighted by Crippen LogP contribution is -2.71. The van der Waals surface area contributed by atoms with Gasteiger partial charge in [0.05, 0.1) is 5.75 Å². The second-order valence-corrected chi connectivity index (χ2v) is 11.0. The van der Waals surface area contributed by atoms with Gasteiger partial charge >= 0.3 is 17.1 Å². The van der Waals surface area contributed by atoms with Gasteiger partial charge in [-0.15, -0.1) is 0 Å². The number of hydrogen-bond donors (Lipinski definition) is 2. The lowest BCUT2D eigenvalue weighted by Gasteiger charge is -2.49. The summed E-state index contributed by atoms with van der Waals surface area (Å²) < 4.78 is 32.1. The summed E-state index contributed by atoms with van der Waals surface area (Å²) >= 11 is 0.886. The molecule has 2 fully saturated rings. The van der Waals surface area contributed by atoms with Gasteiger partial charge in [-0.2, -0.15) is 4.98 Å². The Labute approximate surface area is 196 Å². The van der Waals surface area contributed by atoms with Crippen LogP contribution in [0.3, 0.4) is 0 Å². The number of β-lactam (4-membered cyclic amide) rings is 1. The van der Waals surface area contributed by atoms with Crippen LogP contribution in [0, 0.1) is 0 Å². The summed E-state index contributed by atoms with van der Waals surface area (Å²) in [5.74, 6) is -3.40. The first-order valence-corrected chi connectivity index (χ1v) is 12.8. The second-order valence-electron chi connectivity index (χ2n) is 8.00. The average molecular weight is 516 g/mol. The number of aliphatic carboxylic acids is 1. The summed E-state index contributed by atoms with van der Waals surface area (Å²) in [7, 11) is -1.33. The zero-order chi connectivity index (χ0) is 24.9. The highest BCUT2D eigenvalue weighted by molar-refractivity contribution is 7.99. The maximum atomic E-state index is 13.5. The minimum Gasteiger partial charge on any atom is -0.480 e. The molecule has 0 spiro atoms. The summed E-state index contributed by atoms with van der Waals surface area (Å²) in [5.41, 5.74) is -2.11. The van der Waals surface area contributed by atoms with Crippen LogP contribution in [0.1, 0.15) is 12.8 Å². The number of thioether (sulfide) groups is 1. The fourth-order valence-corrected chi connectivity index (χ4v) is 7.40. The Morgan fingerprint density at radius 3 is 2.65 bits per heavy atom. The maximum Gasteiger partial charge on any atom is 0.339 e. The van der Waals surface area contributed by atoms with E-state index in [1.54, 1.807) is 0 Å². The molecule has 2 amide bonds. The number of aromatic nitrogens is 3. The van der Waals surface area contributed by atoms with Gasteiger partial charge in [0.15, 0.2) is 26.5 Å². The van der Waals surface area contributed by atoms with Crippen LogP contribution >= 0.6 is 11.8 Å². The van der Waals surface area contributed by atoms with Crippen LogP contribution in [0.25, 0.3) is 0 Å². The van der Waals surface area contributed by atoms with E-state index < -0.39 is 62.0 Å². The van der Waals surface area contributed by atoms with E-state index in [2.05, 4.69) is 10.1 Å². The van der Waals surface area contributed by atoms with E-state index in [1.807, 2.05) is 0 Å². The van der Waals surface area contributed by atoms with Crippen LogP contribution in [-0.4, -0.2) is 98.6 Å². The van der Waals surface area contributed by atoms with Crippen LogP contribution in [0.5, 0.6) is 0 Å². The number of carboxylic acid groups (broad SMARTS) is 1. The first kappa shape index (κ1) is 24.2. The summed E-state index contributed by atoms with van der Waals surface area (Å²) in [4.78, 5) is 66.6. The molecule has 0 bridgehead atoms. The molecule has 14 nitrogen and oxygen atoms in total. The molecule has 1 aromatic heterocycles.